The summed E-state index contributed by atoms with van der Waals surface area (Å²) in [7, 11) is 0. The Kier molecular flexibility index (Phi) is 3.60. The number of benzene rings is 1. The van der Waals surface area contributed by atoms with Gasteiger partial charge in [0.25, 0.3) is 0 Å². The maximum absolute atomic E-state index is 12.4. The Morgan fingerprint density at radius 1 is 1.15 bits per heavy atom. The first-order valence-corrected chi connectivity index (χ1v) is 7.55. The van der Waals surface area contributed by atoms with Crippen molar-refractivity contribution in [1.29, 1.82) is 0 Å². The lowest BCUT2D eigenvalue weighted by molar-refractivity contribution is -0.136. The Bertz CT molecular complexity index is 522. The van der Waals surface area contributed by atoms with Crippen molar-refractivity contribution in [2.45, 2.75) is 39.0 Å². The minimum absolute atomic E-state index is 0.00241. The molecule has 1 aromatic rings. The van der Waals surface area contributed by atoms with E-state index in [1.165, 1.54) is 0 Å². The highest BCUT2D eigenvalue weighted by Crippen LogP contribution is 2.40. The van der Waals surface area contributed by atoms with Crippen LogP contribution in [0.4, 0.5) is 5.69 Å². The van der Waals surface area contributed by atoms with Crippen molar-refractivity contribution in [3.05, 3.63) is 29.8 Å². The van der Waals surface area contributed by atoms with Gasteiger partial charge in [0.1, 0.15) is 5.78 Å². The molecule has 2 saturated carbocycles. The van der Waals surface area contributed by atoms with Crippen molar-refractivity contribution in [3.8, 4) is 0 Å². The fourth-order valence-electron chi connectivity index (χ4n) is 3.64. The molecule has 3 nitrogen and oxygen atoms in total. The second-order valence-corrected chi connectivity index (χ2v) is 6.20. The number of fused-ring (bicyclic) bond motifs is 2. The number of nitrogens with one attached hydrogen (secondary N) is 1. The minimum atomic E-state index is 0.00241. The Morgan fingerprint density at radius 2 is 1.80 bits per heavy atom. The predicted molar refractivity (Wildman–Crippen MR) is 78.4 cm³/mol. The van der Waals surface area contributed by atoms with Gasteiger partial charge in [0.2, 0.25) is 5.91 Å². The lowest BCUT2D eigenvalue weighted by atomic mass is 9.67. The molecule has 2 aliphatic rings. The summed E-state index contributed by atoms with van der Waals surface area (Å²) in [5, 5.41) is 3.03. The van der Waals surface area contributed by atoms with Crippen molar-refractivity contribution < 1.29 is 9.59 Å². The Hall–Kier alpha value is -1.64. The van der Waals surface area contributed by atoms with E-state index in [0.717, 1.165) is 43.4 Å². The summed E-state index contributed by atoms with van der Waals surface area (Å²) in [6.45, 7) is 1.99. The van der Waals surface area contributed by atoms with Crippen LogP contribution in [-0.4, -0.2) is 11.7 Å². The first kappa shape index (κ1) is 13.3. The zero-order chi connectivity index (χ0) is 14.1. The SMILES string of the molecule is Cc1ccccc1NC(=O)C1C[C@H]2CCC[C@@H](C1)C2=O. The summed E-state index contributed by atoms with van der Waals surface area (Å²) in [6, 6.07) is 7.83. The number of hydrogen-bond acceptors (Lipinski definition) is 2. The predicted octanol–water partition coefficient (Wildman–Crippen LogP) is 3.33. The Balaban J connectivity index is 1.69. The van der Waals surface area contributed by atoms with Crippen LogP contribution in [0.15, 0.2) is 24.3 Å². The largest absolute Gasteiger partial charge is 0.326 e. The Labute approximate surface area is 119 Å². The number of para-hydroxylation sites is 1. The highest BCUT2D eigenvalue weighted by molar-refractivity contribution is 5.95. The van der Waals surface area contributed by atoms with E-state index in [1.807, 2.05) is 31.2 Å². The zero-order valence-electron chi connectivity index (χ0n) is 11.9. The van der Waals surface area contributed by atoms with E-state index in [9.17, 15) is 9.59 Å². The average molecular weight is 271 g/mol. The van der Waals surface area contributed by atoms with Gasteiger partial charge in [-0.1, -0.05) is 24.6 Å². The van der Waals surface area contributed by atoms with Crippen LogP contribution in [0.1, 0.15) is 37.7 Å². The zero-order valence-corrected chi connectivity index (χ0v) is 11.9. The molecule has 0 aromatic heterocycles. The van der Waals surface area contributed by atoms with E-state index in [4.69, 9.17) is 0 Å². The second kappa shape index (κ2) is 5.39. The van der Waals surface area contributed by atoms with E-state index in [0.29, 0.717) is 5.78 Å². The normalized spacial score (nSPS) is 29.1. The number of carbonyl (C=O) groups excluding carboxylic acids is 2. The maximum atomic E-state index is 12.4. The third kappa shape index (κ3) is 2.49. The number of aryl methyl sites for hydroxylation is 1. The molecule has 0 aliphatic heterocycles. The molecule has 3 heteroatoms. The number of amides is 1. The lowest BCUT2D eigenvalue weighted by Crippen LogP contribution is -2.40. The van der Waals surface area contributed by atoms with E-state index >= 15 is 0 Å². The minimum Gasteiger partial charge on any atom is -0.326 e. The summed E-state index contributed by atoms with van der Waals surface area (Å²) in [5.74, 6) is 0.771. The second-order valence-electron chi connectivity index (χ2n) is 6.20. The van der Waals surface area contributed by atoms with E-state index in [2.05, 4.69) is 5.32 Å². The van der Waals surface area contributed by atoms with Crippen LogP contribution in [-0.2, 0) is 9.59 Å². The fraction of sp³-hybridized carbons (Fsp3) is 0.529. The van der Waals surface area contributed by atoms with Crippen LogP contribution < -0.4 is 5.32 Å². The molecule has 0 heterocycles. The Morgan fingerprint density at radius 3 is 2.45 bits per heavy atom. The number of Topliss-reactive ketones (excluding diaryl/α,β-unsaturated/α-hetero) is 1. The van der Waals surface area contributed by atoms with Gasteiger partial charge in [0.15, 0.2) is 0 Å². The number of hydrogen-bond donors (Lipinski definition) is 1. The van der Waals surface area contributed by atoms with Crippen LogP contribution in [0, 0.1) is 24.7 Å². The molecule has 0 spiro atoms. The summed E-state index contributed by atoms with van der Waals surface area (Å²) < 4.78 is 0. The topological polar surface area (TPSA) is 46.2 Å². The van der Waals surface area contributed by atoms with Gasteiger partial charge in [0, 0.05) is 23.4 Å². The monoisotopic (exact) mass is 271 g/mol. The molecule has 1 amide bonds. The average Bonchev–Trinajstić information content (AvgIpc) is 2.41. The quantitative estimate of drug-likeness (QED) is 0.896. The van der Waals surface area contributed by atoms with Crippen LogP contribution in [0.5, 0.6) is 0 Å². The highest BCUT2D eigenvalue weighted by Gasteiger charge is 2.41. The molecule has 3 atom stereocenters. The number of anilines is 1. The van der Waals surface area contributed by atoms with Crippen LogP contribution >= 0.6 is 0 Å². The van der Waals surface area contributed by atoms with E-state index < -0.39 is 0 Å². The van der Waals surface area contributed by atoms with Gasteiger partial charge in [-0.05, 0) is 44.2 Å². The molecule has 1 N–H and O–H groups in total. The summed E-state index contributed by atoms with van der Waals surface area (Å²) in [4.78, 5) is 24.5. The molecule has 0 radical (unpaired) electrons. The molecular weight excluding hydrogens is 250 g/mol. The van der Waals surface area contributed by atoms with E-state index in [-0.39, 0.29) is 23.7 Å². The molecular formula is C17H21NO2. The number of carbonyl (C=O) groups is 2. The third-order valence-electron chi connectivity index (χ3n) is 4.82. The van der Waals surface area contributed by atoms with Crippen molar-refractivity contribution in [2.24, 2.45) is 17.8 Å². The fourth-order valence-corrected chi connectivity index (χ4v) is 3.64. The molecule has 106 valence electrons. The van der Waals surface area contributed by atoms with Crippen molar-refractivity contribution >= 4 is 17.4 Å². The van der Waals surface area contributed by atoms with Crippen LogP contribution in [0.3, 0.4) is 0 Å². The molecule has 2 aliphatic carbocycles. The van der Waals surface area contributed by atoms with Gasteiger partial charge in [0.05, 0.1) is 0 Å². The molecule has 3 rings (SSSR count). The first-order chi connectivity index (χ1) is 9.65. The van der Waals surface area contributed by atoms with Crippen molar-refractivity contribution in [3.63, 3.8) is 0 Å². The van der Waals surface area contributed by atoms with Gasteiger partial charge < -0.3 is 5.32 Å². The summed E-state index contributed by atoms with van der Waals surface area (Å²) in [6.07, 6.45) is 4.58. The summed E-state index contributed by atoms with van der Waals surface area (Å²) in [5.41, 5.74) is 1.97. The summed E-state index contributed by atoms with van der Waals surface area (Å²) >= 11 is 0. The standard InChI is InChI=1S/C17H21NO2/c1-11-5-2-3-8-15(11)18-17(20)14-9-12-6-4-7-13(10-14)16(12)19/h2-3,5,8,12-14H,4,6-7,9-10H2,1H3,(H,18,20)/t12-,13+,14?. The van der Waals surface area contributed by atoms with Crippen molar-refractivity contribution in [1.82, 2.24) is 0 Å². The maximum Gasteiger partial charge on any atom is 0.227 e. The van der Waals surface area contributed by atoms with Crippen LogP contribution in [0.2, 0.25) is 0 Å². The number of ketones is 1. The van der Waals surface area contributed by atoms with Crippen molar-refractivity contribution in [2.75, 3.05) is 5.32 Å². The van der Waals surface area contributed by atoms with Gasteiger partial charge in [-0.3, -0.25) is 9.59 Å². The van der Waals surface area contributed by atoms with Gasteiger partial charge in [-0.2, -0.15) is 0 Å². The smallest absolute Gasteiger partial charge is 0.227 e. The highest BCUT2D eigenvalue weighted by atomic mass is 16.2. The molecule has 1 aromatic carbocycles. The number of rotatable bonds is 2. The molecule has 1 unspecified atom stereocenters. The molecule has 2 bridgehead atoms. The lowest BCUT2D eigenvalue weighted by Gasteiger charge is -2.37. The van der Waals surface area contributed by atoms with Crippen LogP contribution in [0.25, 0.3) is 0 Å². The molecule has 2 fully saturated rings. The third-order valence-corrected chi connectivity index (χ3v) is 4.82. The van der Waals surface area contributed by atoms with Gasteiger partial charge in [-0.15, -0.1) is 0 Å². The van der Waals surface area contributed by atoms with Gasteiger partial charge >= 0.3 is 0 Å². The molecule has 0 saturated heterocycles. The first-order valence-electron chi connectivity index (χ1n) is 7.55. The molecule has 20 heavy (non-hydrogen) atoms. The van der Waals surface area contributed by atoms with E-state index in [1.54, 1.807) is 0 Å². The van der Waals surface area contributed by atoms with Gasteiger partial charge in [-0.25, -0.2) is 0 Å².